The summed E-state index contributed by atoms with van der Waals surface area (Å²) in [5, 5.41) is 3.75. The molecule has 1 unspecified atom stereocenters. The zero-order valence-corrected chi connectivity index (χ0v) is 16.7. The fourth-order valence-electron chi connectivity index (χ4n) is 3.45. The van der Waals surface area contributed by atoms with E-state index < -0.39 is 0 Å². The monoisotopic (exact) mass is 377 g/mol. The van der Waals surface area contributed by atoms with E-state index in [1.54, 1.807) is 17.0 Å². The molecule has 146 valence electrons. The van der Waals surface area contributed by atoms with Gasteiger partial charge in [-0.1, -0.05) is 56.3 Å². The van der Waals surface area contributed by atoms with Gasteiger partial charge in [0.15, 0.2) is 0 Å². The molecule has 28 heavy (non-hydrogen) atoms. The van der Waals surface area contributed by atoms with Crippen LogP contribution in [0.2, 0.25) is 0 Å². The van der Waals surface area contributed by atoms with Crippen molar-refractivity contribution in [1.29, 1.82) is 0 Å². The molecule has 0 radical (unpaired) electrons. The van der Waals surface area contributed by atoms with E-state index in [4.69, 9.17) is 0 Å². The Balaban J connectivity index is 1.62. The van der Waals surface area contributed by atoms with Gasteiger partial charge in [0.25, 0.3) is 5.56 Å². The molecular formula is C23H27N3O2. The Hall–Kier alpha value is -2.95. The maximum atomic E-state index is 12.6. The molecule has 0 aliphatic carbocycles. The number of nitrogens with one attached hydrogen (secondary N) is 1. The topological polar surface area (TPSA) is 64.0 Å². The number of amides is 1. The summed E-state index contributed by atoms with van der Waals surface area (Å²) < 4.78 is 1.59. The van der Waals surface area contributed by atoms with Crippen molar-refractivity contribution >= 4 is 16.8 Å². The molecule has 1 heterocycles. The van der Waals surface area contributed by atoms with Gasteiger partial charge in [0.05, 0.1) is 23.3 Å². The summed E-state index contributed by atoms with van der Waals surface area (Å²) in [7, 11) is 0. The lowest BCUT2D eigenvalue weighted by atomic mass is 9.96. The second kappa shape index (κ2) is 8.83. The Bertz CT molecular complexity index is 1010. The molecule has 1 amide bonds. The van der Waals surface area contributed by atoms with Crippen molar-refractivity contribution in [1.82, 2.24) is 14.9 Å². The van der Waals surface area contributed by atoms with Crippen molar-refractivity contribution in [3.63, 3.8) is 0 Å². The molecule has 2 aromatic carbocycles. The number of hydrogen-bond donors (Lipinski definition) is 1. The highest BCUT2D eigenvalue weighted by Crippen LogP contribution is 2.21. The van der Waals surface area contributed by atoms with Crippen LogP contribution >= 0.6 is 0 Å². The molecule has 0 aliphatic rings. The van der Waals surface area contributed by atoms with Gasteiger partial charge in [-0.05, 0) is 36.5 Å². The third-order valence-electron chi connectivity index (χ3n) is 5.00. The van der Waals surface area contributed by atoms with E-state index >= 15 is 0 Å². The maximum Gasteiger partial charge on any atom is 0.261 e. The number of nitrogens with zero attached hydrogens (tertiary/aromatic N) is 2. The van der Waals surface area contributed by atoms with Crippen molar-refractivity contribution in [3.8, 4) is 0 Å². The molecule has 0 bridgehead atoms. The highest BCUT2D eigenvalue weighted by molar-refractivity contribution is 5.80. The van der Waals surface area contributed by atoms with Crippen molar-refractivity contribution < 1.29 is 4.79 Å². The van der Waals surface area contributed by atoms with Gasteiger partial charge in [0.2, 0.25) is 5.91 Å². The molecule has 5 heteroatoms. The average Bonchev–Trinajstić information content (AvgIpc) is 2.69. The lowest BCUT2D eigenvalue weighted by Crippen LogP contribution is -2.32. The van der Waals surface area contributed by atoms with Crippen molar-refractivity contribution in [2.45, 2.75) is 46.2 Å². The number of hydrogen-bond acceptors (Lipinski definition) is 3. The molecule has 0 saturated carbocycles. The van der Waals surface area contributed by atoms with E-state index in [9.17, 15) is 9.59 Å². The van der Waals surface area contributed by atoms with Gasteiger partial charge in [0.1, 0.15) is 0 Å². The number of rotatable bonds is 7. The van der Waals surface area contributed by atoms with Crippen LogP contribution in [-0.4, -0.2) is 15.5 Å². The van der Waals surface area contributed by atoms with Crippen LogP contribution in [0.5, 0.6) is 0 Å². The van der Waals surface area contributed by atoms with Crippen molar-refractivity contribution in [2.75, 3.05) is 0 Å². The van der Waals surface area contributed by atoms with Crippen LogP contribution in [-0.2, 0) is 11.3 Å². The molecule has 3 aromatic rings. The Morgan fingerprint density at radius 3 is 2.57 bits per heavy atom. The summed E-state index contributed by atoms with van der Waals surface area (Å²) >= 11 is 0. The molecule has 0 spiro atoms. The normalized spacial score (nSPS) is 12.3. The Morgan fingerprint density at radius 2 is 1.86 bits per heavy atom. The summed E-state index contributed by atoms with van der Waals surface area (Å²) in [6, 6.07) is 15.6. The highest BCUT2D eigenvalue weighted by atomic mass is 16.1. The number of para-hydroxylation sites is 1. The van der Waals surface area contributed by atoms with Gasteiger partial charge < -0.3 is 5.32 Å². The van der Waals surface area contributed by atoms with Gasteiger partial charge in [-0.25, -0.2) is 4.98 Å². The fraction of sp³-hybridized carbons (Fsp3) is 0.348. The summed E-state index contributed by atoms with van der Waals surface area (Å²) in [4.78, 5) is 29.5. The van der Waals surface area contributed by atoms with Crippen molar-refractivity contribution in [3.05, 3.63) is 76.3 Å². The zero-order valence-electron chi connectivity index (χ0n) is 16.7. The summed E-state index contributed by atoms with van der Waals surface area (Å²) in [5.41, 5.74) is 2.78. The SMILES string of the molecule is Cc1cccc2c(=O)n(CCCC(=O)NC(c3ccccc3)C(C)C)cnc12. The molecule has 0 fully saturated rings. The van der Waals surface area contributed by atoms with E-state index in [1.807, 2.05) is 49.4 Å². The Morgan fingerprint density at radius 1 is 1.11 bits per heavy atom. The van der Waals surface area contributed by atoms with Crippen LogP contribution in [0.15, 0.2) is 59.7 Å². The lowest BCUT2D eigenvalue weighted by Gasteiger charge is -2.23. The largest absolute Gasteiger partial charge is 0.349 e. The van der Waals surface area contributed by atoms with Gasteiger partial charge in [-0.3, -0.25) is 14.2 Å². The maximum absolute atomic E-state index is 12.6. The van der Waals surface area contributed by atoms with E-state index in [2.05, 4.69) is 24.1 Å². The molecule has 1 atom stereocenters. The predicted octanol–water partition coefficient (Wildman–Crippen LogP) is 4.00. The number of carbonyl (C=O) groups excluding carboxylic acids is 1. The van der Waals surface area contributed by atoms with Gasteiger partial charge in [-0.15, -0.1) is 0 Å². The van der Waals surface area contributed by atoms with Gasteiger partial charge in [-0.2, -0.15) is 0 Å². The number of aromatic nitrogens is 2. The molecule has 0 saturated heterocycles. The molecule has 3 rings (SSSR count). The second-order valence-corrected chi connectivity index (χ2v) is 7.52. The average molecular weight is 377 g/mol. The van der Waals surface area contributed by atoms with E-state index in [0.717, 1.165) is 16.6 Å². The van der Waals surface area contributed by atoms with Gasteiger partial charge >= 0.3 is 0 Å². The Kier molecular flexibility index (Phi) is 6.24. The Labute approximate surface area is 165 Å². The molecule has 0 aliphatic heterocycles. The smallest absolute Gasteiger partial charge is 0.261 e. The number of carbonyl (C=O) groups is 1. The first kappa shape index (κ1) is 19.8. The first-order valence-corrected chi connectivity index (χ1v) is 9.76. The van der Waals surface area contributed by atoms with Crippen LogP contribution in [0.4, 0.5) is 0 Å². The molecular weight excluding hydrogens is 350 g/mol. The third-order valence-corrected chi connectivity index (χ3v) is 5.00. The lowest BCUT2D eigenvalue weighted by molar-refractivity contribution is -0.122. The molecule has 5 nitrogen and oxygen atoms in total. The van der Waals surface area contributed by atoms with E-state index in [1.165, 1.54) is 0 Å². The zero-order chi connectivity index (χ0) is 20.1. The summed E-state index contributed by atoms with van der Waals surface area (Å²) in [6.07, 6.45) is 2.54. The quantitative estimate of drug-likeness (QED) is 0.677. The number of benzene rings is 2. The standard InChI is InChI=1S/C23H27N3O2/c1-16(2)21(18-10-5-4-6-11-18)25-20(27)13-8-14-26-15-24-22-17(3)9-7-12-19(22)23(26)28/h4-7,9-12,15-16,21H,8,13-14H2,1-3H3,(H,25,27). The third kappa shape index (κ3) is 4.47. The van der Waals surface area contributed by atoms with E-state index in [0.29, 0.717) is 30.7 Å². The van der Waals surface area contributed by atoms with Crippen LogP contribution < -0.4 is 10.9 Å². The molecule has 1 N–H and O–H groups in total. The minimum Gasteiger partial charge on any atom is -0.349 e. The van der Waals surface area contributed by atoms with Crippen molar-refractivity contribution in [2.24, 2.45) is 5.92 Å². The predicted molar refractivity (Wildman–Crippen MR) is 112 cm³/mol. The number of fused-ring (bicyclic) bond motifs is 1. The summed E-state index contributed by atoms with van der Waals surface area (Å²) in [6.45, 7) is 6.61. The first-order valence-electron chi connectivity index (χ1n) is 9.76. The summed E-state index contributed by atoms with van der Waals surface area (Å²) in [5.74, 6) is 0.294. The molecule has 1 aromatic heterocycles. The van der Waals surface area contributed by atoms with Crippen LogP contribution in [0.25, 0.3) is 10.9 Å². The minimum absolute atomic E-state index is 0.000180. The first-order chi connectivity index (χ1) is 13.5. The van der Waals surface area contributed by atoms with E-state index in [-0.39, 0.29) is 17.5 Å². The van der Waals surface area contributed by atoms with Crippen LogP contribution in [0.3, 0.4) is 0 Å². The van der Waals surface area contributed by atoms with Crippen LogP contribution in [0, 0.1) is 12.8 Å². The minimum atomic E-state index is -0.0570. The van der Waals surface area contributed by atoms with Crippen LogP contribution in [0.1, 0.15) is 43.9 Å². The fourth-order valence-corrected chi connectivity index (χ4v) is 3.45. The highest BCUT2D eigenvalue weighted by Gasteiger charge is 2.17. The second-order valence-electron chi connectivity index (χ2n) is 7.52. The number of aryl methyl sites for hydroxylation is 2. The van der Waals surface area contributed by atoms with Gasteiger partial charge in [0, 0.05) is 13.0 Å².